The molecule has 18 heavy (non-hydrogen) atoms. The van der Waals surface area contributed by atoms with Crippen molar-refractivity contribution in [2.75, 3.05) is 11.9 Å². The molecule has 1 atom stereocenters. The van der Waals surface area contributed by atoms with Gasteiger partial charge in [0.1, 0.15) is 16.9 Å². The number of rotatable bonds is 4. The molecule has 0 spiro atoms. The molecule has 3 heterocycles. The first-order valence-corrected chi connectivity index (χ1v) is 6.79. The van der Waals surface area contributed by atoms with Crippen LogP contribution in [0.5, 0.6) is 0 Å². The van der Waals surface area contributed by atoms with Gasteiger partial charge in [-0.15, -0.1) is 11.3 Å². The Morgan fingerprint density at radius 2 is 2.33 bits per heavy atom. The Morgan fingerprint density at radius 3 is 3.11 bits per heavy atom. The fourth-order valence-electron chi connectivity index (χ4n) is 1.89. The van der Waals surface area contributed by atoms with E-state index in [2.05, 4.69) is 20.3 Å². The molecular weight excluding hydrogens is 248 g/mol. The van der Waals surface area contributed by atoms with Gasteiger partial charge in [-0.25, -0.2) is 9.97 Å². The second-order valence-electron chi connectivity index (χ2n) is 4.11. The Morgan fingerprint density at radius 1 is 1.33 bits per heavy atom. The van der Waals surface area contributed by atoms with Crippen LogP contribution in [-0.4, -0.2) is 21.6 Å². The highest BCUT2D eigenvalue weighted by molar-refractivity contribution is 7.11. The van der Waals surface area contributed by atoms with Crippen molar-refractivity contribution >= 4 is 17.2 Å². The molecule has 0 aromatic carbocycles. The molecule has 1 unspecified atom stereocenters. The highest BCUT2D eigenvalue weighted by Gasteiger charge is 2.20. The third kappa shape index (κ3) is 2.65. The maximum atomic E-state index is 5.62. The number of hydrogen-bond donors (Lipinski definition) is 1. The van der Waals surface area contributed by atoms with Crippen molar-refractivity contribution in [1.29, 1.82) is 0 Å². The van der Waals surface area contributed by atoms with Crippen LogP contribution in [0.15, 0.2) is 24.8 Å². The third-order valence-corrected chi connectivity index (χ3v) is 3.87. The molecule has 0 aliphatic carbocycles. The summed E-state index contributed by atoms with van der Waals surface area (Å²) in [6, 6.07) is 0. The van der Waals surface area contributed by atoms with Gasteiger partial charge >= 0.3 is 0 Å². The van der Waals surface area contributed by atoms with E-state index in [4.69, 9.17) is 4.74 Å². The highest BCUT2D eigenvalue weighted by atomic mass is 32.1. The summed E-state index contributed by atoms with van der Waals surface area (Å²) in [5.41, 5.74) is 0. The number of thiazole rings is 1. The van der Waals surface area contributed by atoms with Gasteiger partial charge in [-0.3, -0.25) is 4.98 Å². The quantitative estimate of drug-likeness (QED) is 0.916. The van der Waals surface area contributed by atoms with Crippen LogP contribution in [0.3, 0.4) is 0 Å². The van der Waals surface area contributed by atoms with Crippen molar-refractivity contribution < 1.29 is 4.74 Å². The molecule has 5 nitrogen and oxygen atoms in total. The summed E-state index contributed by atoms with van der Waals surface area (Å²) in [5.74, 6) is 0.782. The minimum Gasteiger partial charge on any atom is -0.371 e. The lowest BCUT2D eigenvalue weighted by Crippen LogP contribution is -1.99. The van der Waals surface area contributed by atoms with Crippen molar-refractivity contribution in [3.63, 3.8) is 0 Å². The molecule has 0 amide bonds. The summed E-state index contributed by atoms with van der Waals surface area (Å²) in [4.78, 5) is 13.8. The summed E-state index contributed by atoms with van der Waals surface area (Å²) >= 11 is 1.70. The molecule has 6 heteroatoms. The number of hydrogen-bond acceptors (Lipinski definition) is 6. The largest absolute Gasteiger partial charge is 0.371 e. The van der Waals surface area contributed by atoms with E-state index in [1.54, 1.807) is 29.9 Å². The van der Waals surface area contributed by atoms with E-state index in [0.29, 0.717) is 0 Å². The van der Waals surface area contributed by atoms with E-state index >= 15 is 0 Å². The van der Waals surface area contributed by atoms with Crippen LogP contribution in [0.1, 0.15) is 28.8 Å². The van der Waals surface area contributed by atoms with Crippen LogP contribution in [0.4, 0.5) is 5.82 Å². The standard InChI is InChI=1S/C12H14N4OS/c1-2-10(17-5-1)12-16-7-9(18-12)6-15-11-8-13-3-4-14-11/h3-4,7-8,10H,1-2,5-6H2,(H,14,15). The summed E-state index contributed by atoms with van der Waals surface area (Å²) in [6.45, 7) is 1.58. The smallest absolute Gasteiger partial charge is 0.144 e. The van der Waals surface area contributed by atoms with Crippen LogP contribution in [-0.2, 0) is 11.3 Å². The van der Waals surface area contributed by atoms with Gasteiger partial charge in [-0.05, 0) is 12.8 Å². The van der Waals surface area contributed by atoms with Gasteiger partial charge in [-0.2, -0.15) is 0 Å². The molecular formula is C12H14N4OS. The van der Waals surface area contributed by atoms with E-state index < -0.39 is 0 Å². The molecule has 1 aliphatic rings. The van der Waals surface area contributed by atoms with E-state index in [-0.39, 0.29) is 6.10 Å². The summed E-state index contributed by atoms with van der Waals surface area (Å²) < 4.78 is 5.62. The Bertz CT molecular complexity index is 496. The number of nitrogens with one attached hydrogen (secondary N) is 1. The summed E-state index contributed by atoms with van der Waals surface area (Å²) in [6.07, 6.45) is 9.38. The van der Waals surface area contributed by atoms with Gasteiger partial charge in [0, 0.05) is 30.1 Å². The van der Waals surface area contributed by atoms with Crippen LogP contribution in [0, 0.1) is 0 Å². The average Bonchev–Trinajstić information content (AvgIpc) is 3.08. The first-order chi connectivity index (χ1) is 8.92. The lowest BCUT2D eigenvalue weighted by atomic mass is 10.2. The molecule has 2 aromatic heterocycles. The summed E-state index contributed by atoms with van der Waals surface area (Å²) in [7, 11) is 0. The zero-order valence-corrected chi connectivity index (χ0v) is 10.7. The number of anilines is 1. The van der Waals surface area contributed by atoms with Crippen molar-refractivity contribution in [2.45, 2.75) is 25.5 Å². The van der Waals surface area contributed by atoms with Gasteiger partial charge in [-0.1, -0.05) is 0 Å². The van der Waals surface area contributed by atoms with E-state index in [1.165, 1.54) is 4.88 Å². The Kier molecular flexibility index (Phi) is 3.47. The summed E-state index contributed by atoms with van der Waals surface area (Å²) in [5, 5.41) is 4.31. The van der Waals surface area contributed by atoms with E-state index in [9.17, 15) is 0 Å². The zero-order valence-electron chi connectivity index (χ0n) is 9.87. The lowest BCUT2D eigenvalue weighted by Gasteiger charge is -2.04. The van der Waals surface area contributed by atoms with Gasteiger partial charge in [0.2, 0.25) is 0 Å². The van der Waals surface area contributed by atoms with Gasteiger partial charge in [0.25, 0.3) is 0 Å². The average molecular weight is 262 g/mol. The molecule has 0 bridgehead atoms. The van der Waals surface area contributed by atoms with Crippen LogP contribution in [0.2, 0.25) is 0 Å². The molecule has 94 valence electrons. The Hall–Kier alpha value is -1.53. The maximum absolute atomic E-state index is 5.62. The predicted molar refractivity (Wildman–Crippen MR) is 69.4 cm³/mol. The van der Waals surface area contributed by atoms with Gasteiger partial charge < -0.3 is 10.1 Å². The normalized spacial score (nSPS) is 19.0. The van der Waals surface area contributed by atoms with E-state index in [0.717, 1.165) is 36.8 Å². The highest BCUT2D eigenvalue weighted by Crippen LogP contribution is 2.31. The lowest BCUT2D eigenvalue weighted by molar-refractivity contribution is 0.111. The van der Waals surface area contributed by atoms with Crippen molar-refractivity contribution in [2.24, 2.45) is 0 Å². The zero-order chi connectivity index (χ0) is 12.2. The first kappa shape index (κ1) is 11.6. The number of aromatic nitrogens is 3. The minimum absolute atomic E-state index is 0.209. The molecule has 2 aromatic rings. The molecule has 1 N–H and O–H groups in total. The van der Waals surface area contributed by atoms with Crippen molar-refractivity contribution in [3.05, 3.63) is 34.7 Å². The SMILES string of the molecule is c1cnc(NCc2cnc(C3CCCO3)s2)cn1. The van der Waals surface area contributed by atoms with E-state index in [1.807, 2.05) is 6.20 Å². The predicted octanol–water partition coefficient (Wildman–Crippen LogP) is 2.40. The Balaban J connectivity index is 1.60. The van der Waals surface area contributed by atoms with Gasteiger partial charge in [0.15, 0.2) is 0 Å². The molecule has 1 saturated heterocycles. The van der Waals surface area contributed by atoms with Crippen LogP contribution >= 0.6 is 11.3 Å². The molecule has 3 rings (SSSR count). The van der Waals surface area contributed by atoms with Crippen LogP contribution in [0.25, 0.3) is 0 Å². The monoisotopic (exact) mass is 262 g/mol. The molecule has 1 aliphatic heterocycles. The molecule has 0 saturated carbocycles. The minimum atomic E-state index is 0.209. The molecule has 0 radical (unpaired) electrons. The Labute approximate surface area is 109 Å². The fraction of sp³-hybridized carbons (Fsp3) is 0.417. The number of nitrogens with zero attached hydrogens (tertiary/aromatic N) is 3. The molecule has 1 fully saturated rings. The maximum Gasteiger partial charge on any atom is 0.144 e. The second-order valence-corrected chi connectivity index (χ2v) is 5.26. The van der Waals surface area contributed by atoms with Crippen molar-refractivity contribution in [3.8, 4) is 0 Å². The number of ether oxygens (including phenoxy) is 1. The fourth-order valence-corrected chi connectivity index (χ4v) is 2.83. The first-order valence-electron chi connectivity index (χ1n) is 5.98. The van der Waals surface area contributed by atoms with Gasteiger partial charge in [0.05, 0.1) is 12.7 Å². The van der Waals surface area contributed by atoms with Crippen molar-refractivity contribution in [1.82, 2.24) is 15.0 Å². The topological polar surface area (TPSA) is 59.9 Å². The third-order valence-electron chi connectivity index (χ3n) is 2.78. The van der Waals surface area contributed by atoms with Crippen LogP contribution < -0.4 is 5.32 Å². The second kappa shape index (κ2) is 5.41.